The van der Waals surface area contributed by atoms with Crippen LogP contribution in [-0.4, -0.2) is 41.5 Å². The van der Waals surface area contributed by atoms with Gasteiger partial charge in [-0.3, -0.25) is 25.2 Å². The molecule has 132 valence electrons. The van der Waals surface area contributed by atoms with Gasteiger partial charge in [-0.1, -0.05) is 6.07 Å². The van der Waals surface area contributed by atoms with Crippen molar-refractivity contribution in [2.45, 2.75) is 26.3 Å². The zero-order chi connectivity index (χ0) is 18.2. The molecule has 24 heavy (non-hydrogen) atoms. The summed E-state index contributed by atoms with van der Waals surface area (Å²) in [5.41, 5.74) is 4.65. The van der Waals surface area contributed by atoms with Crippen molar-refractivity contribution in [3.05, 3.63) is 22.4 Å². The smallest absolute Gasteiger partial charge is 0.261 e. The Morgan fingerprint density at radius 1 is 1.08 bits per heavy atom. The fourth-order valence-electron chi connectivity index (χ4n) is 1.44. The Balaban J connectivity index is 2.18. The van der Waals surface area contributed by atoms with Crippen LogP contribution in [0.15, 0.2) is 17.5 Å². The van der Waals surface area contributed by atoms with E-state index in [1.165, 1.54) is 11.3 Å². The Morgan fingerprint density at radius 2 is 1.75 bits per heavy atom. The molecular formula is C14H21N5O3S2. The van der Waals surface area contributed by atoms with Crippen LogP contribution in [0, 0.1) is 0 Å². The van der Waals surface area contributed by atoms with E-state index in [1.807, 2.05) is 20.8 Å². The van der Waals surface area contributed by atoms with Crippen LogP contribution in [0.2, 0.25) is 0 Å². The lowest BCUT2D eigenvalue weighted by molar-refractivity contribution is -0.125. The summed E-state index contributed by atoms with van der Waals surface area (Å²) in [4.78, 5) is 35.3. The van der Waals surface area contributed by atoms with E-state index < -0.39 is 11.8 Å². The molecule has 0 aliphatic carbocycles. The standard InChI is InChI=1S/C14H21N5O3S2/c1-14(2,3)17-13(23)19-18-11(21)8-15-10(20)7-16-12(22)9-5-4-6-24-9/h4-6H,7-8H2,1-3H3,(H,15,20)(H,16,22)(H,18,21)(H2,17,19,23). The van der Waals surface area contributed by atoms with Crippen molar-refractivity contribution in [2.24, 2.45) is 0 Å². The lowest BCUT2D eigenvalue weighted by atomic mass is 10.1. The van der Waals surface area contributed by atoms with Crippen molar-refractivity contribution in [2.75, 3.05) is 13.1 Å². The van der Waals surface area contributed by atoms with Gasteiger partial charge in [-0.25, -0.2) is 0 Å². The summed E-state index contributed by atoms with van der Waals surface area (Å²) in [6, 6.07) is 3.40. The minimum absolute atomic E-state index is 0.207. The molecule has 8 nitrogen and oxygen atoms in total. The van der Waals surface area contributed by atoms with E-state index >= 15 is 0 Å². The van der Waals surface area contributed by atoms with E-state index in [2.05, 4.69) is 26.8 Å². The number of thiophene rings is 1. The molecule has 1 aromatic rings. The highest BCUT2D eigenvalue weighted by Crippen LogP contribution is 2.07. The SMILES string of the molecule is CC(C)(C)NC(=S)NNC(=O)CNC(=O)CNC(=O)c1cccs1. The maximum Gasteiger partial charge on any atom is 0.261 e. The number of carbonyl (C=O) groups excluding carboxylic acids is 3. The van der Waals surface area contributed by atoms with Gasteiger partial charge in [0.1, 0.15) is 0 Å². The van der Waals surface area contributed by atoms with Gasteiger partial charge >= 0.3 is 0 Å². The zero-order valence-corrected chi connectivity index (χ0v) is 15.3. The van der Waals surface area contributed by atoms with Gasteiger partial charge in [-0.05, 0) is 44.4 Å². The average molecular weight is 371 g/mol. The van der Waals surface area contributed by atoms with Gasteiger partial charge in [0, 0.05) is 5.54 Å². The summed E-state index contributed by atoms with van der Waals surface area (Å²) >= 11 is 6.27. The number of amides is 3. The molecule has 0 fully saturated rings. The van der Waals surface area contributed by atoms with Gasteiger partial charge in [0.2, 0.25) is 5.91 Å². The molecule has 0 aliphatic heterocycles. The van der Waals surface area contributed by atoms with E-state index in [4.69, 9.17) is 12.2 Å². The fraction of sp³-hybridized carbons (Fsp3) is 0.429. The van der Waals surface area contributed by atoms with Crippen LogP contribution in [0.1, 0.15) is 30.4 Å². The third-order valence-electron chi connectivity index (χ3n) is 2.40. The lowest BCUT2D eigenvalue weighted by Crippen LogP contribution is -2.54. The first-order chi connectivity index (χ1) is 11.2. The first-order valence-corrected chi connectivity index (χ1v) is 8.41. The summed E-state index contributed by atoms with van der Waals surface area (Å²) in [5.74, 6) is -1.26. The average Bonchev–Trinajstić information content (AvgIpc) is 3.01. The molecule has 0 unspecified atom stereocenters. The monoisotopic (exact) mass is 371 g/mol. The van der Waals surface area contributed by atoms with Crippen LogP contribution < -0.4 is 26.8 Å². The molecule has 1 aromatic heterocycles. The van der Waals surface area contributed by atoms with Crippen LogP contribution in [0.3, 0.4) is 0 Å². The van der Waals surface area contributed by atoms with Crippen molar-refractivity contribution in [1.82, 2.24) is 26.8 Å². The number of hydrogen-bond donors (Lipinski definition) is 5. The Hall–Kier alpha value is -2.20. The lowest BCUT2D eigenvalue weighted by Gasteiger charge is -2.23. The summed E-state index contributed by atoms with van der Waals surface area (Å²) in [7, 11) is 0. The first-order valence-electron chi connectivity index (χ1n) is 7.13. The van der Waals surface area contributed by atoms with Crippen molar-refractivity contribution in [1.29, 1.82) is 0 Å². The molecule has 0 aromatic carbocycles. The maximum atomic E-state index is 11.6. The predicted octanol–water partition coefficient (Wildman–Crippen LogP) is -0.112. The number of hydrazine groups is 1. The Bertz CT molecular complexity index is 596. The van der Waals surface area contributed by atoms with Crippen LogP contribution >= 0.6 is 23.6 Å². The number of carbonyl (C=O) groups is 3. The van der Waals surface area contributed by atoms with Crippen molar-refractivity contribution < 1.29 is 14.4 Å². The van der Waals surface area contributed by atoms with Crippen LogP contribution in [-0.2, 0) is 9.59 Å². The normalized spacial score (nSPS) is 10.5. The third-order valence-corrected chi connectivity index (χ3v) is 3.48. The third kappa shape index (κ3) is 8.44. The summed E-state index contributed by atoms with van der Waals surface area (Å²) in [5, 5.41) is 9.85. The zero-order valence-electron chi connectivity index (χ0n) is 13.7. The molecule has 10 heteroatoms. The molecule has 0 spiro atoms. The van der Waals surface area contributed by atoms with Crippen LogP contribution in [0.25, 0.3) is 0 Å². The predicted molar refractivity (Wildman–Crippen MR) is 96.4 cm³/mol. The number of hydrogen-bond acceptors (Lipinski definition) is 5. The summed E-state index contributed by atoms with van der Waals surface area (Å²) in [6.07, 6.45) is 0. The van der Waals surface area contributed by atoms with Crippen LogP contribution in [0.4, 0.5) is 0 Å². The molecule has 0 aliphatic rings. The largest absolute Gasteiger partial charge is 0.357 e. The topological polar surface area (TPSA) is 111 Å². The quantitative estimate of drug-likeness (QED) is 0.365. The van der Waals surface area contributed by atoms with E-state index in [0.29, 0.717) is 4.88 Å². The first kappa shape index (κ1) is 19.8. The Labute approximate surface area is 149 Å². The number of rotatable bonds is 5. The van der Waals surface area contributed by atoms with Crippen molar-refractivity contribution in [3.8, 4) is 0 Å². The second-order valence-electron chi connectivity index (χ2n) is 5.81. The maximum absolute atomic E-state index is 11.6. The van der Waals surface area contributed by atoms with E-state index in [-0.39, 0.29) is 29.6 Å². The molecule has 0 saturated heterocycles. The van der Waals surface area contributed by atoms with Gasteiger partial charge in [-0.15, -0.1) is 11.3 Å². The van der Waals surface area contributed by atoms with Crippen molar-refractivity contribution >= 4 is 46.4 Å². The fourth-order valence-corrected chi connectivity index (χ4v) is 2.44. The van der Waals surface area contributed by atoms with Gasteiger partial charge < -0.3 is 16.0 Å². The molecule has 0 atom stereocenters. The van der Waals surface area contributed by atoms with Gasteiger partial charge in [0.25, 0.3) is 11.8 Å². The molecule has 0 saturated carbocycles. The highest BCUT2D eigenvalue weighted by atomic mass is 32.1. The highest BCUT2D eigenvalue weighted by Gasteiger charge is 2.12. The molecule has 1 rings (SSSR count). The van der Waals surface area contributed by atoms with Gasteiger partial charge in [-0.2, -0.15) is 0 Å². The molecule has 3 amide bonds. The minimum Gasteiger partial charge on any atom is -0.357 e. The minimum atomic E-state index is -0.467. The summed E-state index contributed by atoms with van der Waals surface area (Å²) < 4.78 is 0. The Morgan fingerprint density at radius 3 is 2.33 bits per heavy atom. The molecule has 0 bridgehead atoms. The van der Waals surface area contributed by atoms with Gasteiger partial charge in [0.15, 0.2) is 5.11 Å². The number of thiocarbonyl (C=S) groups is 1. The molecule has 5 N–H and O–H groups in total. The second kappa shape index (κ2) is 9.18. The van der Waals surface area contributed by atoms with E-state index in [0.717, 1.165) is 0 Å². The molecular weight excluding hydrogens is 350 g/mol. The van der Waals surface area contributed by atoms with Gasteiger partial charge in [0.05, 0.1) is 18.0 Å². The van der Waals surface area contributed by atoms with E-state index in [1.54, 1.807) is 17.5 Å². The van der Waals surface area contributed by atoms with Crippen LogP contribution in [0.5, 0.6) is 0 Å². The van der Waals surface area contributed by atoms with Crippen molar-refractivity contribution in [3.63, 3.8) is 0 Å². The number of nitrogens with one attached hydrogen (secondary N) is 5. The molecule has 1 heterocycles. The second-order valence-corrected chi connectivity index (χ2v) is 7.17. The van der Waals surface area contributed by atoms with E-state index in [9.17, 15) is 14.4 Å². The Kier molecular flexibility index (Phi) is 7.59. The highest BCUT2D eigenvalue weighted by molar-refractivity contribution is 7.80. The summed E-state index contributed by atoms with van der Waals surface area (Å²) in [6.45, 7) is 5.33. The molecule has 0 radical (unpaired) electrons.